The molecule has 0 N–H and O–H groups in total. The van der Waals surface area contributed by atoms with E-state index in [0.717, 1.165) is 37.5 Å². The summed E-state index contributed by atoms with van der Waals surface area (Å²) in [6.45, 7) is 2.31. The van der Waals surface area contributed by atoms with Crippen molar-refractivity contribution in [1.29, 1.82) is 0 Å². The lowest BCUT2D eigenvalue weighted by atomic mass is 9.78. The van der Waals surface area contributed by atoms with Gasteiger partial charge in [0.1, 0.15) is 0 Å². The third-order valence-corrected chi connectivity index (χ3v) is 6.82. The predicted molar refractivity (Wildman–Crippen MR) is 113 cm³/mol. The van der Waals surface area contributed by atoms with E-state index in [1.165, 1.54) is 56.8 Å². The van der Waals surface area contributed by atoms with Gasteiger partial charge >= 0.3 is 5.97 Å². The number of hydrogen-bond donors (Lipinski definition) is 0. The van der Waals surface area contributed by atoms with E-state index in [9.17, 15) is 4.79 Å². The topological polar surface area (TPSA) is 26.3 Å². The molecule has 2 fully saturated rings. The van der Waals surface area contributed by atoms with Gasteiger partial charge in [-0.3, -0.25) is 4.79 Å². The molecule has 0 bridgehead atoms. The Morgan fingerprint density at radius 2 is 1.67 bits per heavy atom. The molecule has 1 aromatic carbocycles. The van der Waals surface area contributed by atoms with Crippen LogP contribution in [-0.4, -0.2) is 13.1 Å². The standard InChI is InChI=1S/C25H36O2/c1-3-4-19-5-7-20(8-6-19)9-10-21-11-13-22(14-12-21)23-15-17-24(18-16-23)25(26)27-2/h9-14,19-20,23-24H,3-8,15-18H2,1-2H3. The maximum Gasteiger partial charge on any atom is 0.308 e. The second kappa shape index (κ2) is 10.1. The molecule has 0 saturated heterocycles. The summed E-state index contributed by atoms with van der Waals surface area (Å²) in [5, 5.41) is 0. The molecule has 0 radical (unpaired) electrons. The van der Waals surface area contributed by atoms with Crippen LogP contribution in [0.1, 0.15) is 88.2 Å². The molecule has 2 aliphatic carbocycles. The molecule has 1 aromatic rings. The Morgan fingerprint density at radius 3 is 2.26 bits per heavy atom. The number of rotatable bonds is 6. The molecule has 0 atom stereocenters. The lowest BCUT2D eigenvalue weighted by Crippen LogP contribution is -2.22. The van der Waals surface area contributed by atoms with Crippen molar-refractivity contribution in [3.63, 3.8) is 0 Å². The largest absolute Gasteiger partial charge is 0.469 e. The van der Waals surface area contributed by atoms with Gasteiger partial charge in [0.15, 0.2) is 0 Å². The van der Waals surface area contributed by atoms with Crippen molar-refractivity contribution in [1.82, 2.24) is 0 Å². The number of ether oxygens (including phenoxy) is 1. The van der Waals surface area contributed by atoms with E-state index in [-0.39, 0.29) is 11.9 Å². The normalized spacial score (nSPS) is 29.0. The van der Waals surface area contributed by atoms with Crippen molar-refractivity contribution in [3.8, 4) is 0 Å². The minimum Gasteiger partial charge on any atom is -0.469 e. The fourth-order valence-electron chi connectivity index (χ4n) is 5.03. The van der Waals surface area contributed by atoms with Crippen LogP contribution in [0.5, 0.6) is 0 Å². The number of esters is 1. The zero-order chi connectivity index (χ0) is 19.1. The Bertz CT molecular complexity index is 600. The number of carbonyl (C=O) groups is 1. The molecule has 0 heterocycles. The van der Waals surface area contributed by atoms with Gasteiger partial charge in [-0.1, -0.05) is 56.2 Å². The molecule has 27 heavy (non-hydrogen) atoms. The van der Waals surface area contributed by atoms with Crippen LogP contribution >= 0.6 is 0 Å². The summed E-state index contributed by atoms with van der Waals surface area (Å²) in [5.74, 6) is 2.43. The second-order valence-corrected chi connectivity index (χ2v) is 8.67. The van der Waals surface area contributed by atoms with Crippen LogP contribution in [0, 0.1) is 17.8 Å². The van der Waals surface area contributed by atoms with E-state index in [0.29, 0.717) is 5.92 Å². The first-order chi connectivity index (χ1) is 13.2. The Hall–Kier alpha value is -1.57. The lowest BCUT2D eigenvalue weighted by Gasteiger charge is -2.27. The molecule has 0 aromatic heterocycles. The Morgan fingerprint density at radius 1 is 1.00 bits per heavy atom. The number of benzene rings is 1. The molecular weight excluding hydrogens is 332 g/mol. The molecule has 0 unspecified atom stereocenters. The Kier molecular flexibility index (Phi) is 7.55. The monoisotopic (exact) mass is 368 g/mol. The van der Waals surface area contributed by atoms with Crippen molar-refractivity contribution in [3.05, 3.63) is 41.5 Å². The molecule has 0 spiro atoms. The van der Waals surface area contributed by atoms with Crippen LogP contribution in [0.3, 0.4) is 0 Å². The number of carbonyl (C=O) groups excluding carboxylic acids is 1. The van der Waals surface area contributed by atoms with E-state index >= 15 is 0 Å². The zero-order valence-electron chi connectivity index (χ0n) is 17.2. The van der Waals surface area contributed by atoms with Crippen LogP contribution in [0.4, 0.5) is 0 Å². The highest BCUT2D eigenvalue weighted by Gasteiger charge is 2.27. The summed E-state index contributed by atoms with van der Waals surface area (Å²) in [6, 6.07) is 9.11. The average molecular weight is 369 g/mol. The highest BCUT2D eigenvalue weighted by Crippen LogP contribution is 2.36. The Labute approximate surface area is 165 Å². The highest BCUT2D eigenvalue weighted by atomic mass is 16.5. The summed E-state index contributed by atoms with van der Waals surface area (Å²) in [7, 11) is 1.50. The third-order valence-electron chi connectivity index (χ3n) is 6.82. The number of hydrogen-bond acceptors (Lipinski definition) is 2. The van der Waals surface area contributed by atoms with Crippen LogP contribution in [0.15, 0.2) is 30.3 Å². The van der Waals surface area contributed by atoms with Gasteiger partial charge in [-0.15, -0.1) is 0 Å². The van der Waals surface area contributed by atoms with E-state index in [4.69, 9.17) is 4.74 Å². The molecular formula is C25H36O2. The molecule has 2 nitrogen and oxygen atoms in total. The maximum absolute atomic E-state index is 11.7. The highest BCUT2D eigenvalue weighted by molar-refractivity contribution is 5.72. The first-order valence-electron chi connectivity index (χ1n) is 11.1. The minimum absolute atomic E-state index is 0.0299. The molecule has 2 aliphatic rings. The summed E-state index contributed by atoms with van der Waals surface area (Å²) in [5.41, 5.74) is 2.74. The zero-order valence-corrected chi connectivity index (χ0v) is 17.2. The minimum atomic E-state index is -0.0299. The van der Waals surface area contributed by atoms with Crippen molar-refractivity contribution in [2.45, 2.75) is 77.0 Å². The van der Waals surface area contributed by atoms with E-state index in [2.05, 4.69) is 43.3 Å². The predicted octanol–water partition coefficient (Wildman–Crippen LogP) is 6.75. The van der Waals surface area contributed by atoms with Gasteiger partial charge in [0.05, 0.1) is 13.0 Å². The van der Waals surface area contributed by atoms with Crippen LogP contribution in [-0.2, 0) is 9.53 Å². The molecule has 148 valence electrons. The van der Waals surface area contributed by atoms with Crippen molar-refractivity contribution < 1.29 is 9.53 Å². The quantitative estimate of drug-likeness (QED) is 0.519. The number of methoxy groups -OCH3 is 1. The van der Waals surface area contributed by atoms with Gasteiger partial charge in [-0.25, -0.2) is 0 Å². The van der Waals surface area contributed by atoms with Gasteiger partial charge in [0.25, 0.3) is 0 Å². The third kappa shape index (κ3) is 5.70. The fourth-order valence-corrected chi connectivity index (χ4v) is 5.03. The second-order valence-electron chi connectivity index (χ2n) is 8.67. The van der Waals surface area contributed by atoms with Crippen LogP contribution < -0.4 is 0 Å². The van der Waals surface area contributed by atoms with E-state index in [1.807, 2.05) is 0 Å². The molecule has 0 aliphatic heterocycles. The van der Waals surface area contributed by atoms with Gasteiger partial charge < -0.3 is 4.74 Å². The molecule has 0 amide bonds. The summed E-state index contributed by atoms with van der Waals surface area (Å²) in [6.07, 6.45) is 17.2. The average Bonchev–Trinajstić information content (AvgIpc) is 2.73. The van der Waals surface area contributed by atoms with Crippen LogP contribution in [0.2, 0.25) is 0 Å². The van der Waals surface area contributed by atoms with E-state index in [1.54, 1.807) is 0 Å². The van der Waals surface area contributed by atoms with Crippen LogP contribution in [0.25, 0.3) is 6.08 Å². The molecule has 2 heteroatoms. The Balaban J connectivity index is 1.47. The van der Waals surface area contributed by atoms with Crippen molar-refractivity contribution >= 4 is 12.0 Å². The summed E-state index contributed by atoms with van der Waals surface area (Å²) < 4.78 is 4.89. The fraction of sp³-hybridized carbons (Fsp3) is 0.640. The van der Waals surface area contributed by atoms with Crippen molar-refractivity contribution in [2.75, 3.05) is 7.11 Å². The van der Waals surface area contributed by atoms with Gasteiger partial charge in [0, 0.05) is 0 Å². The van der Waals surface area contributed by atoms with Gasteiger partial charge in [-0.05, 0) is 80.2 Å². The van der Waals surface area contributed by atoms with E-state index < -0.39 is 0 Å². The summed E-state index contributed by atoms with van der Waals surface area (Å²) in [4.78, 5) is 11.7. The smallest absolute Gasteiger partial charge is 0.308 e. The summed E-state index contributed by atoms with van der Waals surface area (Å²) >= 11 is 0. The maximum atomic E-state index is 11.7. The number of allylic oxidation sites excluding steroid dienone is 1. The molecule has 3 rings (SSSR count). The van der Waals surface area contributed by atoms with Crippen molar-refractivity contribution in [2.24, 2.45) is 17.8 Å². The van der Waals surface area contributed by atoms with Gasteiger partial charge in [-0.2, -0.15) is 0 Å². The first-order valence-corrected chi connectivity index (χ1v) is 11.1. The lowest BCUT2D eigenvalue weighted by molar-refractivity contribution is -0.146. The first kappa shape index (κ1) is 20.2. The van der Waals surface area contributed by atoms with Gasteiger partial charge in [0.2, 0.25) is 0 Å². The SMILES string of the molecule is CCCC1CCC(C=Cc2ccc(C3CCC(C(=O)OC)CC3)cc2)CC1. The molecule has 2 saturated carbocycles.